The largest absolute Gasteiger partial charge is 0.380 e. The van der Waals surface area contributed by atoms with E-state index in [9.17, 15) is 8.42 Å². The van der Waals surface area contributed by atoms with Crippen molar-refractivity contribution >= 4 is 15.7 Å². The van der Waals surface area contributed by atoms with Crippen LogP contribution in [0.4, 0.5) is 5.69 Å². The Hall–Kier alpha value is -1.33. The fourth-order valence-corrected chi connectivity index (χ4v) is 2.66. The van der Waals surface area contributed by atoms with Gasteiger partial charge in [0.2, 0.25) is 10.0 Å². The Morgan fingerprint density at radius 1 is 1.35 bits per heavy atom. The quantitative estimate of drug-likeness (QED) is 0.731. The molecule has 0 heterocycles. The van der Waals surface area contributed by atoms with Crippen LogP contribution in [0, 0.1) is 0 Å². The SMILES string of the molecule is C=CCNc1ccccc1S(=O)(=O)NCCC. The number of hydrogen-bond acceptors (Lipinski definition) is 3. The monoisotopic (exact) mass is 254 g/mol. The van der Waals surface area contributed by atoms with Gasteiger partial charge in [-0.25, -0.2) is 13.1 Å². The molecule has 17 heavy (non-hydrogen) atoms. The first-order valence-corrected chi connectivity index (χ1v) is 7.03. The minimum Gasteiger partial charge on any atom is -0.380 e. The summed E-state index contributed by atoms with van der Waals surface area (Å²) >= 11 is 0. The van der Waals surface area contributed by atoms with E-state index in [1.807, 2.05) is 6.92 Å². The van der Waals surface area contributed by atoms with Crippen LogP contribution in [0.2, 0.25) is 0 Å². The van der Waals surface area contributed by atoms with Gasteiger partial charge in [0.15, 0.2) is 0 Å². The summed E-state index contributed by atoms with van der Waals surface area (Å²) in [4.78, 5) is 0.273. The fraction of sp³-hybridized carbons (Fsp3) is 0.333. The summed E-state index contributed by atoms with van der Waals surface area (Å²) in [7, 11) is -3.43. The molecule has 1 aromatic rings. The van der Waals surface area contributed by atoms with E-state index in [-0.39, 0.29) is 4.90 Å². The molecule has 0 unspecified atom stereocenters. The summed E-state index contributed by atoms with van der Waals surface area (Å²) in [6.07, 6.45) is 2.45. The Kier molecular flexibility index (Phi) is 5.18. The van der Waals surface area contributed by atoms with E-state index < -0.39 is 10.0 Å². The number of hydrogen-bond donors (Lipinski definition) is 2. The molecule has 0 bridgehead atoms. The summed E-state index contributed by atoms with van der Waals surface area (Å²) in [5.74, 6) is 0. The number of sulfonamides is 1. The molecule has 5 heteroatoms. The van der Waals surface area contributed by atoms with Crippen molar-refractivity contribution in [2.24, 2.45) is 0 Å². The molecule has 0 aromatic heterocycles. The van der Waals surface area contributed by atoms with Crippen molar-refractivity contribution in [3.8, 4) is 0 Å². The van der Waals surface area contributed by atoms with Gasteiger partial charge in [-0.05, 0) is 18.6 Å². The van der Waals surface area contributed by atoms with Crippen LogP contribution in [0.1, 0.15) is 13.3 Å². The van der Waals surface area contributed by atoms with Crippen molar-refractivity contribution in [1.82, 2.24) is 4.72 Å². The lowest BCUT2D eigenvalue weighted by Crippen LogP contribution is -2.25. The molecule has 0 saturated heterocycles. The summed E-state index contributed by atoms with van der Waals surface area (Å²) in [6.45, 7) is 6.48. The van der Waals surface area contributed by atoms with Crippen molar-refractivity contribution in [1.29, 1.82) is 0 Å². The molecular formula is C12H18N2O2S. The fourth-order valence-electron chi connectivity index (χ4n) is 1.34. The summed E-state index contributed by atoms with van der Waals surface area (Å²) in [5, 5.41) is 3.01. The number of para-hydroxylation sites is 1. The molecule has 0 aliphatic rings. The second kappa shape index (κ2) is 6.42. The summed E-state index contributed by atoms with van der Waals surface area (Å²) < 4.78 is 26.5. The minimum atomic E-state index is -3.43. The number of benzene rings is 1. The van der Waals surface area contributed by atoms with Crippen LogP contribution >= 0.6 is 0 Å². The van der Waals surface area contributed by atoms with Crippen LogP contribution in [-0.2, 0) is 10.0 Å². The van der Waals surface area contributed by atoms with E-state index in [4.69, 9.17) is 0 Å². The summed E-state index contributed by atoms with van der Waals surface area (Å²) in [5.41, 5.74) is 0.594. The topological polar surface area (TPSA) is 58.2 Å². The second-order valence-corrected chi connectivity index (χ2v) is 5.30. The van der Waals surface area contributed by atoms with Crippen molar-refractivity contribution in [3.05, 3.63) is 36.9 Å². The van der Waals surface area contributed by atoms with E-state index in [1.54, 1.807) is 30.3 Å². The summed E-state index contributed by atoms with van der Waals surface area (Å²) in [6, 6.07) is 6.83. The molecule has 0 atom stereocenters. The van der Waals surface area contributed by atoms with E-state index in [2.05, 4.69) is 16.6 Å². The predicted molar refractivity (Wildman–Crippen MR) is 70.6 cm³/mol. The zero-order valence-corrected chi connectivity index (χ0v) is 10.8. The molecule has 0 radical (unpaired) electrons. The van der Waals surface area contributed by atoms with Crippen LogP contribution in [0.25, 0.3) is 0 Å². The highest BCUT2D eigenvalue weighted by molar-refractivity contribution is 7.89. The van der Waals surface area contributed by atoms with Gasteiger partial charge in [-0.1, -0.05) is 25.1 Å². The highest BCUT2D eigenvalue weighted by Crippen LogP contribution is 2.20. The number of rotatable bonds is 7. The molecule has 0 aliphatic heterocycles. The van der Waals surface area contributed by atoms with Gasteiger partial charge in [-0.2, -0.15) is 0 Å². The molecule has 0 spiro atoms. The van der Waals surface area contributed by atoms with E-state index in [0.717, 1.165) is 6.42 Å². The van der Waals surface area contributed by atoms with Crippen molar-refractivity contribution < 1.29 is 8.42 Å². The molecule has 0 aliphatic carbocycles. The highest BCUT2D eigenvalue weighted by atomic mass is 32.2. The zero-order chi connectivity index (χ0) is 12.7. The Bertz CT molecular complexity index is 469. The highest BCUT2D eigenvalue weighted by Gasteiger charge is 2.16. The first-order valence-electron chi connectivity index (χ1n) is 5.55. The van der Waals surface area contributed by atoms with Gasteiger partial charge in [0.25, 0.3) is 0 Å². The molecule has 0 amide bonds. The lowest BCUT2D eigenvalue weighted by molar-refractivity contribution is 0.581. The maximum Gasteiger partial charge on any atom is 0.242 e. The molecule has 0 fully saturated rings. The third-order valence-electron chi connectivity index (χ3n) is 2.16. The van der Waals surface area contributed by atoms with Gasteiger partial charge in [0.1, 0.15) is 4.90 Å². The van der Waals surface area contributed by atoms with Crippen LogP contribution < -0.4 is 10.0 Å². The average Bonchev–Trinajstić information content (AvgIpc) is 2.34. The first-order chi connectivity index (χ1) is 8.11. The van der Waals surface area contributed by atoms with Crippen molar-refractivity contribution in [3.63, 3.8) is 0 Å². The van der Waals surface area contributed by atoms with Crippen LogP contribution in [0.15, 0.2) is 41.8 Å². The van der Waals surface area contributed by atoms with E-state index >= 15 is 0 Å². The normalized spacial score (nSPS) is 11.1. The molecular weight excluding hydrogens is 236 g/mol. The van der Waals surface area contributed by atoms with Gasteiger partial charge < -0.3 is 5.32 Å². The molecule has 0 saturated carbocycles. The average molecular weight is 254 g/mol. The van der Waals surface area contributed by atoms with Crippen molar-refractivity contribution in [2.45, 2.75) is 18.2 Å². The predicted octanol–water partition coefficient (Wildman–Crippen LogP) is 1.97. The Balaban J connectivity index is 2.99. The number of nitrogens with one attached hydrogen (secondary N) is 2. The maximum atomic E-state index is 12.0. The standard InChI is InChI=1S/C12H18N2O2S/c1-3-9-13-11-7-5-6-8-12(11)17(15,16)14-10-4-2/h3,5-8,13-14H,1,4,9-10H2,2H3. The molecule has 94 valence electrons. The van der Waals surface area contributed by atoms with Crippen molar-refractivity contribution in [2.75, 3.05) is 18.4 Å². The Morgan fingerprint density at radius 2 is 2.06 bits per heavy atom. The maximum absolute atomic E-state index is 12.0. The number of anilines is 1. The molecule has 2 N–H and O–H groups in total. The second-order valence-electron chi connectivity index (χ2n) is 3.56. The lowest BCUT2D eigenvalue weighted by Gasteiger charge is -2.11. The third-order valence-corrected chi connectivity index (χ3v) is 3.67. The van der Waals surface area contributed by atoms with Gasteiger partial charge in [0.05, 0.1) is 5.69 Å². The smallest absolute Gasteiger partial charge is 0.242 e. The molecule has 4 nitrogen and oxygen atoms in total. The van der Waals surface area contributed by atoms with Gasteiger partial charge in [0, 0.05) is 13.1 Å². The van der Waals surface area contributed by atoms with Gasteiger partial charge in [-0.15, -0.1) is 6.58 Å². The van der Waals surface area contributed by atoms with E-state index in [1.165, 1.54) is 0 Å². The zero-order valence-electron chi connectivity index (χ0n) is 9.94. The van der Waals surface area contributed by atoms with Gasteiger partial charge in [-0.3, -0.25) is 0 Å². The minimum absolute atomic E-state index is 0.273. The third kappa shape index (κ3) is 3.87. The molecule has 1 rings (SSSR count). The Morgan fingerprint density at radius 3 is 2.71 bits per heavy atom. The van der Waals surface area contributed by atoms with E-state index in [0.29, 0.717) is 18.8 Å². The molecule has 1 aromatic carbocycles. The first kappa shape index (κ1) is 13.7. The lowest BCUT2D eigenvalue weighted by atomic mass is 10.3. The van der Waals surface area contributed by atoms with Gasteiger partial charge >= 0.3 is 0 Å². The van der Waals surface area contributed by atoms with Crippen LogP contribution in [0.5, 0.6) is 0 Å². The van der Waals surface area contributed by atoms with Crippen LogP contribution in [0.3, 0.4) is 0 Å². The van der Waals surface area contributed by atoms with Crippen LogP contribution in [-0.4, -0.2) is 21.5 Å². The Labute approximate surface area is 103 Å².